The molecule has 4 aromatic carbocycles. The summed E-state index contributed by atoms with van der Waals surface area (Å²) in [6.07, 6.45) is -2.45. The van der Waals surface area contributed by atoms with Crippen molar-refractivity contribution in [1.29, 1.82) is 0 Å². The van der Waals surface area contributed by atoms with Crippen LogP contribution in [0.25, 0.3) is 22.3 Å². The Morgan fingerprint density at radius 3 is 2.26 bits per heavy atom. The molecule has 1 unspecified atom stereocenters. The summed E-state index contributed by atoms with van der Waals surface area (Å²) in [6.45, 7) is 0.171. The molecule has 1 saturated carbocycles. The number of nitroso groups, excluding NO2 is 1. The van der Waals surface area contributed by atoms with Gasteiger partial charge in [-0.15, -0.1) is 4.91 Å². The Balaban J connectivity index is 1.46. The van der Waals surface area contributed by atoms with Gasteiger partial charge in [-0.05, 0) is 124 Å². The largest absolute Gasteiger partial charge is 0.489 e. The molecular weight excluding hydrogens is 677 g/mol. The monoisotopic (exact) mass is 703 g/mol. The fourth-order valence-electron chi connectivity index (χ4n) is 5.15. The van der Waals surface area contributed by atoms with Gasteiger partial charge in [0, 0.05) is 17.2 Å². The molecule has 0 heterocycles. The van der Waals surface area contributed by atoms with Crippen molar-refractivity contribution in [3.05, 3.63) is 112 Å². The van der Waals surface area contributed by atoms with Crippen LogP contribution in [0.2, 0.25) is 0 Å². The quantitative estimate of drug-likeness (QED) is 0.0676. The highest BCUT2D eigenvalue weighted by Gasteiger charge is 2.34. The molecule has 5 nitrogen and oxygen atoms in total. The van der Waals surface area contributed by atoms with Crippen LogP contribution in [0.4, 0.5) is 17.6 Å². The summed E-state index contributed by atoms with van der Waals surface area (Å²) in [4.78, 5) is 22.5. The standard InChI is InChI=1S/C33H26F4INO4/c34-31-13-11-26(43-19-38)16-30(31)27-12-10-25(15-29(27)22-6-8-24(9-7-22)33(35,36)37)42-18-20-2-1-3-23(14-20)28(21-4-5-21)17-32(40)39-41/h1-3,6-16,21,28H,4-5,17-19H2. The van der Waals surface area contributed by atoms with E-state index in [9.17, 15) is 22.9 Å². The van der Waals surface area contributed by atoms with Crippen molar-refractivity contribution < 1.29 is 31.8 Å². The smallest absolute Gasteiger partial charge is 0.416 e. The lowest BCUT2D eigenvalue weighted by atomic mass is 9.90. The van der Waals surface area contributed by atoms with Crippen LogP contribution in [0.3, 0.4) is 0 Å². The van der Waals surface area contributed by atoms with Gasteiger partial charge in [-0.1, -0.05) is 36.4 Å². The van der Waals surface area contributed by atoms with E-state index >= 15 is 4.39 Å². The molecule has 0 aromatic heterocycles. The van der Waals surface area contributed by atoms with E-state index in [2.05, 4.69) is 5.18 Å². The number of benzene rings is 4. The first kappa shape index (κ1) is 30.7. The molecule has 1 aliphatic carbocycles. The Kier molecular flexibility index (Phi) is 9.43. The third-order valence-electron chi connectivity index (χ3n) is 7.44. The van der Waals surface area contributed by atoms with Gasteiger partial charge in [0.15, 0.2) is 0 Å². The van der Waals surface area contributed by atoms with Crippen molar-refractivity contribution in [1.82, 2.24) is 0 Å². The number of carbonyl (C=O) groups is 1. The minimum atomic E-state index is -4.49. The molecule has 0 saturated heterocycles. The second-order valence-corrected chi connectivity index (χ2v) is 11.0. The molecule has 0 bridgehead atoms. The van der Waals surface area contributed by atoms with Crippen molar-refractivity contribution in [3.8, 4) is 33.8 Å². The number of carbonyl (C=O) groups excluding carboxylic acids is 1. The minimum Gasteiger partial charge on any atom is -0.489 e. The highest BCUT2D eigenvalue weighted by molar-refractivity contribution is 14.1. The van der Waals surface area contributed by atoms with Crippen LogP contribution in [0, 0.1) is 16.6 Å². The fraction of sp³-hybridized carbons (Fsp3) is 0.242. The third kappa shape index (κ3) is 7.59. The topological polar surface area (TPSA) is 65.0 Å². The van der Waals surface area contributed by atoms with E-state index in [1.54, 1.807) is 24.3 Å². The van der Waals surface area contributed by atoms with E-state index in [1.165, 1.54) is 24.3 Å². The number of rotatable bonds is 11. The van der Waals surface area contributed by atoms with Crippen molar-refractivity contribution >= 4 is 28.5 Å². The lowest BCUT2D eigenvalue weighted by Gasteiger charge is -2.17. The zero-order chi connectivity index (χ0) is 30.6. The molecular formula is C33H26F4INO4. The number of nitrogens with zero attached hydrogens (tertiary/aromatic N) is 1. The summed E-state index contributed by atoms with van der Waals surface area (Å²) < 4.78 is 66.8. The van der Waals surface area contributed by atoms with Crippen molar-refractivity contribution in [2.45, 2.75) is 38.0 Å². The highest BCUT2D eigenvalue weighted by atomic mass is 127. The van der Waals surface area contributed by atoms with Crippen LogP contribution in [0.15, 0.2) is 90.1 Å². The van der Waals surface area contributed by atoms with Gasteiger partial charge in [-0.3, -0.25) is 4.79 Å². The number of halogens is 5. The first-order valence-corrected chi connectivity index (χ1v) is 15.1. The summed E-state index contributed by atoms with van der Waals surface area (Å²) in [5.74, 6) is -0.0349. The van der Waals surface area contributed by atoms with Gasteiger partial charge >= 0.3 is 6.18 Å². The molecule has 0 aliphatic heterocycles. The number of amides is 1. The van der Waals surface area contributed by atoms with Crippen molar-refractivity contribution in [2.24, 2.45) is 11.1 Å². The zero-order valence-electron chi connectivity index (χ0n) is 22.7. The predicted molar refractivity (Wildman–Crippen MR) is 163 cm³/mol. The molecule has 1 atom stereocenters. The first-order chi connectivity index (χ1) is 20.7. The van der Waals surface area contributed by atoms with Gasteiger partial charge in [-0.2, -0.15) is 13.2 Å². The molecule has 1 amide bonds. The molecule has 4 aromatic rings. The Morgan fingerprint density at radius 2 is 1.58 bits per heavy atom. The number of hydrogen-bond acceptors (Lipinski definition) is 4. The van der Waals surface area contributed by atoms with E-state index in [1.807, 2.05) is 46.9 Å². The fourth-order valence-corrected chi connectivity index (χ4v) is 5.51. The van der Waals surface area contributed by atoms with Crippen molar-refractivity contribution in [3.63, 3.8) is 0 Å². The molecule has 5 rings (SSSR count). The van der Waals surface area contributed by atoms with E-state index in [0.29, 0.717) is 38.7 Å². The SMILES string of the molecule is O=NC(=O)CC(c1cccc(COc2ccc(-c3cc(OCI)ccc3F)c(-c3ccc(C(F)(F)F)cc3)c2)c1)C1CC1. The van der Waals surface area contributed by atoms with Crippen LogP contribution in [-0.2, 0) is 17.6 Å². The Hall–Kier alpha value is -3.80. The average molecular weight is 703 g/mol. The summed E-state index contributed by atoms with van der Waals surface area (Å²) in [6, 6.07) is 21.7. The summed E-state index contributed by atoms with van der Waals surface area (Å²) in [7, 11) is 0. The molecule has 43 heavy (non-hydrogen) atoms. The average Bonchev–Trinajstić information content (AvgIpc) is 3.85. The van der Waals surface area contributed by atoms with E-state index in [-0.39, 0.29) is 24.5 Å². The van der Waals surface area contributed by atoms with Gasteiger partial charge in [0.2, 0.25) is 0 Å². The van der Waals surface area contributed by atoms with Crippen LogP contribution in [-0.4, -0.2) is 10.5 Å². The second-order valence-electron chi connectivity index (χ2n) is 10.3. The Morgan fingerprint density at radius 1 is 0.884 bits per heavy atom. The lowest BCUT2D eigenvalue weighted by Crippen LogP contribution is -2.08. The predicted octanol–water partition coefficient (Wildman–Crippen LogP) is 9.71. The molecule has 222 valence electrons. The Bertz CT molecular complexity index is 1620. The van der Waals surface area contributed by atoms with E-state index in [0.717, 1.165) is 36.1 Å². The maximum atomic E-state index is 15.1. The molecule has 0 radical (unpaired) electrons. The molecule has 1 aliphatic rings. The first-order valence-electron chi connectivity index (χ1n) is 13.5. The maximum absolute atomic E-state index is 15.1. The van der Waals surface area contributed by atoms with Crippen LogP contribution in [0.5, 0.6) is 11.5 Å². The van der Waals surface area contributed by atoms with Gasteiger partial charge < -0.3 is 9.47 Å². The molecule has 1 fully saturated rings. The van der Waals surface area contributed by atoms with Crippen molar-refractivity contribution in [2.75, 3.05) is 4.61 Å². The normalized spacial score (nSPS) is 13.8. The molecule has 10 heteroatoms. The number of ether oxygens (including phenoxy) is 2. The van der Waals surface area contributed by atoms with Gasteiger partial charge in [-0.25, -0.2) is 4.39 Å². The third-order valence-corrected chi connectivity index (χ3v) is 7.75. The van der Waals surface area contributed by atoms with E-state index < -0.39 is 23.5 Å². The summed E-state index contributed by atoms with van der Waals surface area (Å²) in [5, 5.41) is 2.56. The van der Waals surface area contributed by atoms with Crippen LogP contribution >= 0.6 is 22.6 Å². The van der Waals surface area contributed by atoms with Crippen LogP contribution in [0.1, 0.15) is 41.9 Å². The lowest BCUT2D eigenvalue weighted by molar-refractivity contribution is -0.137. The summed E-state index contributed by atoms with van der Waals surface area (Å²) in [5.41, 5.74) is 2.63. The highest BCUT2D eigenvalue weighted by Crippen LogP contribution is 2.45. The summed E-state index contributed by atoms with van der Waals surface area (Å²) >= 11 is 2.03. The maximum Gasteiger partial charge on any atom is 0.416 e. The second kappa shape index (κ2) is 13.2. The van der Waals surface area contributed by atoms with Gasteiger partial charge in [0.05, 0.1) is 5.56 Å². The number of alkyl halides is 4. The van der Waals surface area contributed by atoms with E-state index in [4.69, 9.17) is 9.47 Å². The van der Waals surface area contributed by atoms with Gasteiger partial charge in [0.1, 0.15) is 28.5 Å². The zero-order valence-corrected chi connectivity index (χ0v) is 24.9. The van der Waals surface area contributed by atoms with Crippen LogP contribution < -0.4 is 9.47 Å². The molecule has 0 spiro atoms. The molecule has 0 N–H and O–H groups in total. The minimum absolute atomic E-state index is 0.0665. The Labute approximate surface area is 259 Å². The number of hydrogen-bond donors (Lipinski definition) is 0. The van der Waals surface area contributed by atoms with Gasteiger partial charge in [0.25, 0.3) is 5.91 Å².